The van der Waals surface area contributed by atoms with Crippen molar-refractivity contribution in [3.63, 3.8) is 0 Å². The topological polar surface area (TPSA) is 46.9 Å². The van der Waals surface area contributed by atoms with Gasteiger partial charge in [0.05, 0.1) is 11.8 Å². The summed E-state index contributed by atoms with van der Waals surface area (Å²) in [6, 6.07) is 4.16. The maximum absolute atomic E-state index is 12.3. The van der Waals surface area contributed by atoms with Crippen LogP contribution in [0.25, 0.3) is 0 Å². The van der Waals surface area contributed by atoms with Crippen molar-refractivity contribution in [2.75, 3.05) is 5.75 Å². The first kappa shape index (κ1) is 13.7. The molecule has 2 aromatic rings. The van der Waals surface area contributed by atoms with Crippen LogP contribution in [0.1, 0.15) is 40.6 Å². The molecule has 4 nitrogen and oxygen atoms in total. The van der Waals surface area contributed by atoms with Crippen LogP contribution in [-0.4, -0.2) is 21.2 Å². The number of amides is 1. The number of aryl methyl sites for hydroxylation is 1. The maximum Gasteiger partial charge on any atom is 0.271 e. The Labute approximate surface area is 126 Å². The van der Waals surface area contributed by atoms with Crippen LogP contribution >= 0.6 is 23.1 Å². The molecular weight excluding hydrogens is 290 g/mol. The Kier molecular flexibility index (Phi) is 4.12. The van der Waals surface area contributed by atoms with Crippen LogP contribution in [-0.2, 0) is 12.3 Å². The van der Waals surface area contributed by atoms with Crippen LogP contribution in [0, 0.1) is 0 Å². The highest BCUT2D eigenvalue weighted by molar-refractivity contribution is 7.98. The average molecular weight is 307 g/mol. The van der Waals surface area contributed by atoms with Gasteiger partial charge in [-0.3, -0.25) is 4.79 Å². The van der Waals surface area contributed by atoms with Crippen LogP contribution in [0.15, 0.2) is 23.7 Å². The number of nitrogens with one attached hydrogen (secondary N) is 1. The lowest BCUT2D eigenvalue weighted by Crippen LogP contribution is -2.27. The van der Waals surface area contributed by atoms with Crippen LogP contribution in [0.5, 0.6) is 0 Å². The van der Waals surface area contributed by atoms with Gasteiger partial charge in [-0.2, -0.15) is 11.8 Å². The molecular formula is C14H17N3OS2. The minimum absolute atomic E-state index is 0.0721. The van der Waals surface area contributed by atoms with Crippen molar-refractivity contribution in [2.24, 2.45) is 0 Å². The molecule has 3 heterocycles. The van der Waals surface area contributed by atoms with Crippen LogP contribution < -0.4 is 5.32 Å². The highest BCUT2D eigenvalue weighted by Crippen LogP contribution is 2.23. The number of carbonyl (C=O) groups is 1. The molecule has 20 heavy (non-hydrogen) atoms. The first-order valence-electron chi connectivity index (χ1n) is 6.76. The highest BCUT2D eigenvalue weighted by atomic mass is 32.2. The van der Waals surface area contributed by atoms with E-state index >= 15 is 0 Å². The molecule has 0 radical (unpaired) electrons. The van der Waals surface area contributed by atoms with Crippen molar-refractivity contribution in [2.45, 2.75) is 31.7 Å². The Morgan fingerprint density at radius 1 is 1.60 bits per heavy atom. The van der Waals surface area contributed by atoms with Crippen molar-refractivity contribution < 1.29 is 4.79 Å². The summed E-state index contributed by atoms with van der Waals surface area (Å²) < 4.78 is 2.09. The molecule has 0 unspecified atom stereocenters. The molecule has 106 valence electrons. The smallest absolute Gasteiger partial charge is 0.271 e. The zero-order chi connectivity index (χ0) is 13.9. The summed E-state index contributed by atoms with van der Waals surface area (Å²) in [6.07, 6.45) is 2.77. The van der Waals surface area contributed by atoms with Gasteiger partial charge in [0.15, 0.2) is 0 Å². The van der Waals surface area contributed by atoms with E-state index in [0.29, 0.717) is 5.69 Å². The Balaban J connectivity index is 1.74. The van der Waals surface area contributed by atoms with E-state index in [-0.39, 0.29) is 11.9 Å². The molecule has 0 spiro atoms. The molecule has 1 N–H and O–H groups in total. The fourth-order valence-corrected chi connectivity index (χ4v) is 4.04. The van der Waals surface area contributed by atoms with E-state index in [1.807, 2.05) is 29.4 Å². The quantitative estimate of drug-likeness (QED) is 0.944. The molecule has 6 heteroatoms. The molecule has 0 saturated heterocycles. The van der Waals surface area contributed by atoms with Crippen molar-refractivity contribution in [1.29, 1.82) is 0 Å². The van der Waals surface area contributed by atoms with E-state index in [9.17, 15) is 4.79 Å². The number of nitrogens with zero attached hydrogens (tertiary/aromatic N) is 2. The second kappa shape index (κ2) is 6.01. The molecule has 1 amide bonds. The van der Waals surface area contributed by atoms with Crippen LogP contribution in [0.4, 0.5) is 0 Å². The summed E-state index contributed by atoms with van der Waals surface area (Å²) >= 11 is 3.54. The minimum Gasteiger partial charge on any atom is -0.343 e. The van der Waals surface area contributed by atoms with Crippen LogP contribution in [0.2, 0.25) is 0 Å². The molecule has 1 aliphatic heterocycles. The fraction of sp³-hybridized carbons (Fsp3) is 0.429. The van der Waals surface area contributed by atoms with E-state index in [1.54, 1.807) is 11.3 Å². The summed E-state index contributed by atoms with van der Waals surface area (Å²) in [6.45, 7) is 3.03. The first-order valence-corrected chi connectivity index (χ1v) is 8.79. The standard InChI is InChI=1S/C14H17N3OS2/c1-2-10(12-4-3-6-20-12)16-14(18)11-8-17-5-7-19-9-13(17)15-11/h3-4,6,8,10H,2,5,7,9H2,1H3,(H,16,18)/t10-/m1/s1. The minimum atomic E-state index is -0.0721. The Bertz CT molecular complexity index is 568. The molecule has 0 aliphatic carbocycles. The number of hydrogen-bond acceptors (Lipinski definition) is 4. The van der Waals surface area contributed by atoms with E-state index in [0.717, 1.165) is 30.3 Å². The number of aromatic nitrogens is 2. The number of imidazole rings is 1. The number of thiophene rings is 1. The Morgan fingerprint density at radius 3 is 3.20 bits per heavy atom. The zero-order valence-electron chi connectivity index (χ0n) is 11.3. The lowest BCUT2D eigenvalue weighted by atomic mass is 10.2. The molecule has 2 aromatic heterocycles. The van der Waals surface area contributed by atoms with Crippen molar-refractivity contribution >= 4 is 29.0 Å². The normalized spacial score (nSPS) is 15.7. The van der Waals surface area contributed by atoms with Gasteiger partial charge in [-0.1, -0.05) is 13.0 Å². The first-order chi connectivity index (χ1) is 9.78. The van der Waals surface area contributed by atoms with Crippen molar-refractivity contribution in [3.8, 4) is 0 Å². The van der Waals surface area contributed by atoms with Gasteiger partial charge in [-0.05, 0) is 17.9 Å². The second-order valence-electron chi connectivity index (χ2n) is 4.74. The van der Waals surface area contributed by atoms with Gasteiger partial charge in [0, 0.05) is 23.4 Å². The number of fused-ring (bicyclic) bond motifs is 1. The molecule has 0 aromatic carbocycles. The van der Waals surface area contributed by atoms with Gasteiger partial charge in [0.25, 0.3) is 5.91 Å². The number of hydrogen-bond donors (Lipinski definition) is 1. The molecule has 0 fully saturated rings. The van der Waals surface area contributed by atoms with E-state index < -0.39 is 0 Å². The van der Waals surface area contributed by atoms with Crippen molar-refractivity contribution in [1.82, 2.24) is 14.9 Å². The second-order valence-corrected chi connectivity index (χ2v) is 6.82. The highest BCUT2D eigenvalue weighted by Gasteiger charge is 2.20. The van der Waals surface area contributed by atoms with E-state index in [4.69, 9.17) is 0 Å². The molecule has 0 saturated carbocycles. The van der Waals surface area contributed by atoms with Gasteiger partial charge >= 0.3 is 0 Å². The van der Waals surface area contributed by atoms with Crippen molar-refractivity contribution in [3.05, 3.63) is 40.1 Å². The zero-order valence-corrected chi connectivity index (χ0v) is 13.0. The summed E-state index contributed by atoms with van der Waals surface area (Å²) in [5.74, 6) is 2.93. The van der Waals surface area contributed by atoms with Gasteiger partial charge in [0.2, 0.25) is 0 Å². The van der Waals surface area contributed by atoms with Gasteiger partial charge in [0.1, 0.15) is 11.5 Å². The number of carbonyl (C=O) groups excluding carboxylic acids is 1. The lowest BCUT2D eigenvalue weighted by Gasteiger charge is -2.14. The lowest BCUT2D eigenvalue weighted by molar-refractivity contribution is 0.0931. The van der Waals surface area contributed by atoms with Gasteiger partial charge in [-0.25, -0.2) is 4.98 Å². The summed E-state index contributed by atoms with van der Waals surface area (Å²) in [4.78, 5) is 18.0. The Morgan fingerprint density at radius 2 is 2.50 bits per heavy atom. The van der Waals surface area contributed by atoms with E-state index in [2.05, 4.69) is 27.9 Å². The third kappa shape index (κ3) is 2.76. The van der Waals surface area contributed by atoms with Gasteiger partial charge in [-0.15, -0.1) is 11.3 Å². The SMILES string of the molecule is CC[C@@H](NC(=O)c1cn2c(n1)CSCC2)c1cccs1. The molecule has 0 bridgehead atoms. The summed E-state index contributed by atoms with van der Waals surface area (Å²) in [5.41, 5.74) is 0.539. The number of thioether (sulfide) groups is 1. The van der Waals surface area contributed by atoms with Gasteiger partial charge < -0.3 is 9.88 Å². The summed E-state index contributed by atoms with van der Waals surface area (Å²) in [5, 5.41) is 5.12. The maximum atomic E-state index is 12.3. The molecule has 1 atom stereocenters. The predicted molar refractivity (Wildman–Crippen MR) is 83.2 cm³/mol. The monoisotopic (exact) mass is 307 g/mol. The third-order valence-corrected chi connectivity index (χ3v) is 5.32. The van der Waals surface area contributed by atoms with E-state index in [1.165, 1.54) is 4.88 Å². The Hall–Kier alpha value is -1.27. The molecule has 1 aliphatic rings. The predicted octanol–water partition coefficient (Wildman–Crippen LogP) is 3.07. The fourth-order valence-electron chi connectivity index (χ4n) is 2.29. The summed E-state index contributed by atoms with van der Waals surface area (Å²) in [7, 11) is 0. The third-order valence-electron chi connectivity index (χ3n) is 3.40. The molecule has 3 rings (SSSR count). The van der Waals surface area contributed by atoms with Crippen LogP contribution in [0.3, 0.4) is 0 Å². The number of rotatable bonds is 4. The largest absolute Gasteiger partial charge is 0.343 e. The average Bonchev–Trinajstić information content (AvgIpc) is 3.13.